The number of anilines is 1. The van der Waals surface area contributed by atoms with Crippen molar-refractivity contribution in [3.63, 3.8) is 0 Å². The lowest BCUT2D eigenvalue weighted by atomic mass is 10.0. The highest BCUT2D eigenvalue weighted by Gasteiger charge is 2.24. The summed E-state index contributed by atoms with van der Waals surface area (Å²) in [5, 5.41) is 0. The van der Waals surface area contributed by atoms with E-state index >= 15 is 0 Å². The van der Waals surface area contributed by atoms with Gasteiger partial charge >= 0.3 is 0 Å². The number of nitrogens with zero attached hydrogens (tertiary/aromatic N) is 6. The highest BCUT2D eigenvalue weighted by molar-refractivity contribution is 5.41. The molecule has 0 amide bonds. The summed E-state index contributed by atoms with van der Waals surface area (Å²) in [6.45, 7) is 6.80. The van der Waals surface area contributed by atoms with Crippen molar-refractivity contribution in [2.24, 2.45) is 7.05 Å². The number of aromatic nitrogens is 4. The van der Waals surface area contributed by atoms with Gasteiger partial charge in [-0.15, -0.1) is 0 Å². The molecule has 2 saturated heterocycles. The number of rotatable bonds is 6. The van der Waals surface area contributed by atoms with E-state index in [1.165, 1.54) is 0 Å². The van der Waals surface area contributed by atoms with Gasteiger partial charge in [0.15, 0.2) is 5.82 Å². The standard InChI is InChI=1S/C19H28N6O2/c1-23-5-4-20-19(23)12-24-6-8-25(9-7-24)18-11-16(15-3-10-27-13-15)21-17(22-18)14-26-2/h4-5,11,15H,3,6-10,12-14H2,1-2H3/t15-/m1/s1. The minimum Gasteiger partial charge on any atom is -0.381 e. The predicted molar refractivity (Wildman–Crippen MR) is 102 cm³/mol. The molecule has 2 aromatic heterocycles. The zero-order chi connectivity index (χ0) is 18.6. The van der Waals surface area contributed by atoms with Crippen molar-refractivity contribution in [3.05, 3.63) is 35.8 Å². The van der Waals surface area contributed by atoms with E-state index in [2.05, 4.69) is 25.4 Å². The third-order valence-corrected chi connectivity index (χ3v) is 5.38. The number of ether oxygens (including phenoxy) is 2. The summed E-state index contributed by atoms with van der Waals surface area (Å²) in [7, 11) is 3.73. The predicted octanol–water partition coefficient (Wildman–Crippen LogP) is 1.18. The van der Waals surface area contributed by atoms with Crippen molar-refractivity contribution in [2.75, 3.05) is 51.4 Å². The topological polar surface area (TPSA) is 68.5 Å². The Morgan fingerprint density at radius 3 is 2.74 bits per heavy atom. The van der Waals surface area contributed by atoms with E-state index in [9.17, 15) is 0 Å². The highest BCUT2D eigenvalue weighted by Crippen LogP contribution is 2.27. The number of imidazole rings is 1. The molecule has 27 heavy (non-hydrogen) atoms. The maximum atomic E-state index is 5.55. The maximum Gasteiger partial charge on any atom is 0.156 e. The summed E-state index contributed by atoms with van der Waals surface area (Å²) in [5.74, 6) is 3.24. The van der Waals surface area contributed by atoms with Gasteiger partial charge < -0.3 is 18.9 Å². The molecular formula is C19H28N6O2. The Labute approximate surface area is 160 Å². The summed E-state index contributed by atoms with van der Waals surface area (Å²) in [6.07, 6.45) is 4.89. The molecule has 8 nitrogen and oxygen atoms in total. The summed E-state index contributed by atoms with van der Waals surface area (Å²) in [6, 6.07) is 2.15. The SMILES string of the molecule is COCc1nc([C@@H]2CCOC2)cc(N2CCN(Cc3nccn3C)CC2)n1. The van der Waals surface area contributed by atoms with Gasteiger partial charge in [0.25, 0.3) is 0 Å². The van der Waals surface area contributed by atoms with Crippen LogP contribution in [0.25, 0.3) is 0 Å². The first kappa shape index (κ1) is 18.3. The minimum atomic E-state index is 0.368. The van der Waals surface area contributed by atoms with Gasteiger partial charge in [-0.25, -0.2) is 15.0 Å². The van der Waals surface area contributed by atoms with Gasteiger partial charge in [0.2, 0.25) is 0 Å². The molecule has 1 atom stereocenters. The molecule has 2 aromatic rings. The number of hydrogen-bond acceptors (Lipinski definition) is 7. The Morgan fingerprint density at radius 2 is 2.07 bits per heavy atom. The second kappa shape index (κ2) is 8.33. The van der Waals surface area contributed by atoms with Crippen LogP contribution in [-0.2, 0) is 29.7 Å². The summed E-state index contributed by atoms with van der Waals surface area (Å²) in [4.78, 5) is 18.7. The molecule has 0 radical (unpaired) electrons. The molecule has 0 saturated carbocycles. The van der Waals surface area contributed by atoms with E-state index in [4.69, 9.17) is 19.4 Å². The van der Waals surface area contributed by atoms with Gasteiger partial charge in [0, 0.05) is 71.3 Å². The highest BCUT2D eigenvalue weighted by atomic mass is 16.5. The average Bonchev–Trinajstić information content (AvgIpc) is 3.35. The van der Waals surface area contributed by atoms with E-state index in [0.29, 0.717) is 12.5 Å². The first-order valence-electron chi connectivity index (χ1n) is 9.61. The van der Waals surface area contributed by atoms with Crippen molar-refractivity contribution in [2.45, 2.75) is 25.5 Å². The second-order valence-electron chi connectivity index (χ2n) is 7.28. The van der Waals surface area contributed by atoms with Crippen LogP contribution in [0.1, 0.15) is 29.7 Å². The zero-order valence-electron chi connectivity index (χ0n) is 16.2. The van der Waals surface area contributed by atoms with E-state index in [-0.39, 0.29) is 0 Å². The molecule has 0 N–H and O–H groups in total. The molecule has 2 aliphatic heterocycles. The molecule has 4 heterocycles. The number of hydrogen-bond donors (Lipinski definition) is 0. The van der Waals surface area contributed by atoms with E-state index in [0.717, 1.165) is 75.5 Å². The van der Waals surface area contributed by atoms with Crippen molar-refractivity contribution < 1.29 is 9.47 Å². The van der Waals surface area contributed by atoms with Gasteiger partial charge in [-0.05, 0) is 6.42 Å². The zero-order valence-corrected chi connectivity index (χ0v) is 16.2. The summed E-state index contributed by atoms with van der Waals surface area (Å²) >= 11 is 0. The fourth-order valence-corrected chi connectivity index (χ4v) is 3.72. The fourth-order valence-electron chi connectivity index (χ4n) is 3.72. The first-order valence-corrected chi connectivity index (χ1v) is 9.61. The van der Waals surface area contributed by atoms with Crippen molar-refractivity contribution in [1.29, 1.82) is 0 Å². The molecule has 0 unspecified atom stereocenters. The molecule has 146 valence electrons. The van der Waals surface area contributed by atoms with Crippen molar-refractivity contribution >= 4 is 5.82 Å². The van der Waals surface area contributed by atoms with Crippen LogP contribution in [0.15, 0.2) is 18.5 Å². The van der Waals surface area contributed by atoms with E-state index in [1.54, 1.807) is 7.11 Å². The maximum absolute atomic E-state index is 5.55. The summed E-state index contributed by atoms with van der Waals surface area (Å²) < 4.78 is 12.9. The van der Waals surface area contributed by atoms with Crippen LogP contribution in [-0.4, -0.2) is 70.9 Å². The quantitative estimate of drug-likeness (QED) is 0.754. The van der Waals surface area contributed by atoms with Gasteiger partial charge in [0.05, 0.1) is 18.8 Å². The van der Waals surface area contributed by atoms with Crippen molar-refractivity contribution in [1.82, 2.24) is 24.4 Å². The van der Waals surface area contributed by atoms with Gasteiger partial charge in [-0.2, -0.15) is 0 Å². The van der Waals surface area contributed by atoms with Crippen LogP contribution in [0, 0.1) is 0 Å². The molecule has 0 bridgehead atoms. The molecule has 0 aliphatic carbocycles. The Bertz CT molecular complexity index is 750. The first-order chi connectivity index (χ1) is 13.2. The van der Waals surface area contributed by atoms with Crippen LogP contribution in [0.5, 0.6) is 0 Å². The van der Waals surface area contributed by atoms with Crippen LogP contribution < -0.4 is 4.90 Å². The third kappa shape index (κ3) is 4.28. The van der Waals surface area contributed by atoms with Gasteiger partial charge in [-0.1, -0.05) is 0 Å². The molecule has 4 rings (SSSR count). The lowest BCUT2D eigenvalue weighted by molar-refractivity contribution is 0.177. The third-order valence-electron chi connectivity index (χ3n) is 5.38. The van der Waals surface area contributed by atoms with Crippen LogP contribution in [0.3, 0.4) is 0 Å². The van der Waals surface area contributed by atoms with E-state index < -0.39 is 0 Å². The minimum absolute atomic E-state index is 0.368. The summed E-state index contributed by atoms with van der Waals surface area (Å²) in [5.41, 5.74) is 1.08. The second-order valence-corrected chi connectivity index (χ2v) is 7.28. The number of aryl methyl sites for hydroxylation is 1. The monoisotopic (exact) mass is 372 g/mol. The number of piperazine rings is 1. The fraction of sp³-hybridized carbons (Fsp3) is 0.632. The molecule has 2 aliphatic rings. The lowest BCUT2D eigenvalue weighted by Crippen LogP contribution is -2.46. The smallest absolute Gasteiger partial charge is 0.156 e. The molecule has 2 fully saturated rings. The van der Waals surface area contributed by atoms with Crippen LogP contribution in [0.4, 0.5) is 5.82 Å². The Balaban J connectivity index is 1.44. The Morgan fingerprint density at radius 1 is 1.22 bits per heavy atom. The van der Waals surface area contributed by atoms with Crippen molar-refractivity contribution in [3.8, 4) is 0 Å². The van der Waals surface area contributed by atoms with Gasteiger partial charge in [0.1, 0.15) is 18.2 Å². The van der Waals surface area contributed by atoms with Crippen LogP contribution >= 0.6 is 0 Å². The van der Waals surface area contributed by atoms with Crippen LogP contribution in [0.2, 0.25) is 0 Å². The van der Waals surface area contributed by atoms with Gasteiger partial charge in [-0.3, -0.25) is 4.90 Å². The molecule has 8 heteroatoms. The largest absolute Gasteiger partial charge is 0.381 e. The molecule has 0 aromatic carbocycles. The van der Waals surface area contributed by atoms with E-state index in [1.807, 2.05) is 19.4 Å². The number of methoxy groups -OCH3 is 1. The lowest BCUT2D eigenvalue weighted by Gasteiger charge is -2.35. The molecule has 0 spiro atoms. The average molecular weight is 372 g/mol. The Kier molecular flexibility index (Phi) is 5.66. The normalized spacial score (nSPS) is 21.1. The Hall–Kier alpha value is -2.03. The molecular weight excluding hydrogens is 344 g/mol.